The molecule has 0 saturated carbocycles. The van der Waals surface area contributed by atoms with Crippen LogP contribution >= 0.6 is 31.9 Å². The molecule has 0 saturated heterocycles. The molecule has 0 aliphatic rings. The van der Waals surface area contributed by atoms with Gasteiger partial charge in [-0.2, -0.15) is 0 Å². The van der Waals surface area contributed by atoms with E-state index >= 15 is 0 Å². The summed E-state index contributed by atoms with van der Waals surface area (Å²) in [4.78, 5) is 0. The lowest BCUT2D eigenvalue weighted by molar-refractivity contribution is 0.479. The van der Waals surface area contributed by atoms with Gasteiger partial charge in [0.05, 0.1) is 4.47 Å². The number of ether oxygens (including phenoxy) is 1. The van der Waals surface area contributed by atoms with Crippen molar-refractivity contribution in [1.82, 2.24) is 5.32 Å². The van der Waals surface area contributed by atoms with Crippen molar-refractivity contribution in [2.45, 2.75) is 6.54 Å². The molecular formula is C14H13Br2NO. The van der Waals surface area contributed by atoms with Gasteiger partial charge in [-0.1, -0.05) is 34.1 Å². The second kappa shape index (κ2) is 6.36. The van der Waals surface area contributed by atoms with Gasteiger partial charge >= 0.3 is 0 Å². The third kappa shape index (κ3) is 3.34. The molecule has 18 heavy (non-hydrogen) atoms. The lowest BCUT2D eigenvalue weighted by Gasteiger charge is -2.10. The molecule has 2 nitrogen and oxygen atoms in total. The van der Waals surface area contributed by atoms with E-state index in [2.05, 4.69) is 37.2 Å². The number of nitrogens with one attached hydrogen (secondary N) is 1. The van der Waals surface area contributed by atoms with Crippen LogP contribution in [0.3, 0.4) is 0 Å². The third-order valence-corrected chi connectivity index (χ3v) is 3.85. The Hall–Kier alpha value is -0.840. The van der Waals surface area contributed by atoms with E-state index in [0.717, 1.165) is 27.0 Å². The Kier molecular flexibility index (Phi) is 4.80. The first-order valence-electron chi connectivity index (χ1n) is 5.56. The van der Waals surface area contributed by atoms with Crippen LogP contribution in [0.4, 0.5) is 0 Å². The largest absolute Gasteiger partial charge is 0.456 e. The van der Waals surface area contributed by atoms with Gasteiger partial charge < -0.3 is 10.1 Å². The molecule has 0 aliphatic carbocycles. The predicted molar refractivity (Wildman–Crippen MR) is 81.1 cm³/mol. The second-order valence-electron chi connectivity index (χ2n) is 3.82. The highest BCUT2D eigenvalue weighted by molar-refractivity contribution is 9.10. The molecule has 0 aliphatic heterocycles. The topological polar surface area (TPSA) is 21.3 Å². The first kappa shape index (κ1) is 13.6. The smallest absolute Gasteiger partial charge is 0.141 e. The van der Waals surface area contributed by atoms with Crippen LogP contribution in [-0.4, -0.2) is 7.05 Å². The fourth-order valence-corrected chi connectivity index (χ4v) is 2.44. The van der Waals surface area contributed by atoms with Crippen LogP contribution in [0.5, 0.6) is 11.5 Å². The molecule has 94 valence electrons. The molecule has 0 heterocycles. The monoisotopic (exact) mass is 369 g/mol. The first-order chi connectivity index (χ1) is 8.70. The zero-order valence-corrected chi connectivity index (χ0v) is 13.1. The first-order valence-corrected chi connectivity index (χ1v) is 7.14. The van der Waals surface area contributed by atoms with Gasteiger partial charge in [0, 0.05) is 11.0 Å². The average Bonchev–Trinajstić information content (AvgIpc) is 2.36. The van der Waals surface area contributed by atoms with Gasteiger partial charge in [-0.15, -0.1) is 0 Å². The van der Waals surface area contributed by atoms with Crippen LogP contribution in [-0.2, 0) is 6.54 Å². The van der Waals surface area contributed by atoms with Gasteiger partial charge in [0.25, 0.3) is 0 Å². The summed E-state index contributed by atoms with van der Waals surface area (Å²) < 4.78 is 7.81. The fourth-order valence-electron chi connectivity index (χ4n) is 1.58. The summed E-state index contributed by atoms with van der Waals surface area (Å²) in [6.07, 6.45) is 0. The molecule has 2 rings (SSSR count). The van der Waals surface area contributed by atoms with E-state index in [1.165, 1.54) is 5.56 Å². The molecule has 1 N–H and O–H groups in total. The number of benzene rings is 2. The number of rotatable bonds is 4. The molecule has 0 bridgehead atoms. The predicted octanol–water partition coefficient (Wildman–Crippen LogP) is 4.72. The van der Waals surface area contributed by atoms with Gasteiger partial charge in [-0.05, 0) is 52.8 Å². The quantitative estimate of drug-likeness (QED) is 0.840. The van der Waals surface area contributed by atoms with Crippen molar-refractivity contribution in [3.63, 3.8) is 0 Å². The Balaban J connectivity index is 2.20. The van der Waals surface area contributed by atoms with Crippen molar-refractivity contribution in [2.75, 3.05) is 7.05 Å². The van der Waals surface area contributed by atoms with E-state index in [4.69, 9.17) is 4.74 Å². The van der Waals surface area contributed by atoms with Crippen molar-refractivity contribution in [2.24, 2.45) is 0 Å². The number of halogens is 2. The van der Waals surface area contributed by atoms with Crippen LogP contribution in [0.25, 0.3) is 0 Å². The molecule has 0 atom stereocenters. The number of para-hydroxylation sites is 1. The summed E-state index contributed by atoms with van der Waals surface area (Å²) in [5, 5.41) is 3.12. The summed E-state index contributed by atoms with van der Waals surface area (Å²) in [6, 6.07) is 13.8. The lowest BCUT2D eigenvalue weighted by atomic mass is 10.2. The van der Waals surface area contributed by atoms with Crippen molar-refractivity contribution in [3.8, 4) is 11.5 Å². The molecule has 2 aromatic rings. The number of hydrogen-bond donors (Lipinski definition) is 1. The molecule has 2 aromatic carbocycles. The Labute approximate surface area is 124 Å². The highest BCUT2D eigenvalue weighted by Crippen LogP contribution is 2.31. The van der Waals surface area contributed by atoms with Gasteiger partial charge in [0.1, 0.15) is 11.5 Å². The van der Waals surface area contributed by atoms with Crippen molar-refractivity contribution in [3.05, 3.63) is 57.0 Å². The Bertz CT molecular complexity index is 543. The number of hydrogen-bond acceptors (Lipinski definition) is 2. The zero-order valence-electron chi connectivity index (χ0n) is 9.91. The molecule has 0 aromatic heterocycles. The second-order valence-corrected chi connectivity index (χ2v) is 5.52. The van der Waals surface area contributed by atoms with E-state index < -0.39 is 0 Å². The molecular weight excluding hydrogens is 358 g/mol. The highest BCUT2D eigenvalue weighted by Gasteiger charge is 2.04. The van der Waals surface area contributed by atoms with Crippen LogP contribution in [0.15, 0.2) is 51.4 Å². The fraction of sp³-hybridized carbons (Fsp3) is 0.143. The van der Waals surface area contributed by atoms with Crippen LogP contribution in [0.1, 0.15) is 5.56 Å². The van der Waals surface area contributed by atoms with E-state index in [-0.39, 0.29) is 0 Å². The van der Waals surface area contributed by atoms with Gasteiger partial charge in [0.15, 0.2) is 0 Å². The Morgan fingerprint density at radius 2 is 1.83 bits per heavy atom. The Morgan fingerprint density at radius 1 is 1.06 bits per heavy atom. The maximum atomic E-state index is 5.83. The summed E-state index contributed by atoms with van der Waals surface area (Å²) >= 11 is 7.01. The summed E-state index contributed by atoms with van der Waals surface area (Å²) in [6.45, 7) is 0.829. The molecule has 0 fully saturated rings. The van der Waals surface area contributed by atoms with E-state index in [0.29, 0.717) is 0 Å². The molecule has 0 radical (unpaired) electrons. The minimum Gasteiger partial charge on any atom is -0.456 e. The maximum Gasteiger partial charge on any atom is 0.141 e. The summed E-state index contributed by atoms with van der Waals surface area (Å²) in [5.41, 5.74) is 1.21. The van der Waals surface area contributed by atoms with Gasteiger partial charge in [-0.3, -0.25) is 0 Å². The standard InChI is InChI=1S/C14H13Br2NO/c1-17-9-10-6-7-11(8-13(10)16)18-14-5-3-2-4-12(14)15/h2-8,17H,9H2,1H3. The van der Waals surface area contributed by atoms with Crippen LogP contribution < -0.4 is 10.1 Å². The van der Waals surface area contributed by atoms with Gasteiger partial charge in [-0.25, -0.2) is 0 Å². The van der Waals surface area contributed by atoms with E-state index in [1.54, 1.807) is 0 Å². The third-order valence-electron chi connectivity index (χ3n) is 2.46. The summed E-state index contributed by atoms with van der Waals surface area (Å²) in [7, 11) is 1.93. The minimum atomic E-state index is 0.811. The molecule has 4 heteroatoms. The van der Waals surface area contributed by atoms with E-state index in [9.17, 15) is 0 Å². The van der Waals surface area contributed by atoms with Crippen LogP contribution in [0, 0.1) is 0 Å². The normalized spacial score (nSPS) is 10.4. The van der Waals surface area contributed by atoms with Crippen LogP contribution in [0.2, 0.25) is 0 Å². The van der Waals surface area contributed by atoms with Crippen molar-refractivity contribution >= 4 is 31.9 Å². The maximum absolute atomic E-state index is 5.83. The zero-order chi connectivity index (χ0) is 13.0. The minimum absolute atomic E-state index is 0.811. The SMILES string of the molecule is CNCc1ccc(Oc2ccccc2Br)cc1Br. The highest BCUT2D eigenvalue weighted by atomic mass is 79.9. The summed E-state index contributed by atoms with van der Waals surface area (Å²) in [5.74, 6) is 1.62. The van der Waals surface area contributed by atoms with Gasteiger partial charge in [0.2, 0.25) is 0 Å². The molecule has 0 spiro atoms. The average molecular weight is 371 g/mol. The molecule has 0 amide bonds. The van der Waals surface area contributed by atoms with Crippen molar-refractivity contribution < 1.29 is 4.74 Å². The Morgan fingerprint density at radius 3 is 2.50 bits per heavy atom. The lowest BCUT2D eigenvalue weighted by Crippen LogP contribution is -2.05. The molecule has 0 unspecified atom stereocenters. The van der Waals surface area contributed by atoms with E-state index in [1.807, 2.05) is 49.5 Å². The van der Waals surface area contributed by atoms with Crippen molar-refractivity contribution in [1.29, 1.82) is 0 Å².